The van der Waals surface area contributed by atoms with Crippen LogP contribution in [0.25, 0.3) is 93.5 Å². The highest BCUT2D eigenvalue weighted by molar-refractivity contribution is 6.22. The van der Waals surface area contributed by atoms with Crippen LogP contribution in [0.2, 0.25) is 0 Å². The maximum Gasteiger partial charge on any atom is 0.0547 e. The van der Waals surface area contributed by atoms with Crippen LogP contribution in [0.3, 0.4) is 0 Å². The second-order valence-corrected chi connectivity index (χ2v) is 14.1. The highest BCUT2D eigenvalue weighted by atomic mass is 15.0. The van der Waals surface area contributed by atoms with Crippen molar-refractivity contribution < 1.29 is 0 Å². The third-order valence-electron chi connectivity index (χ3n) is 11.3. The fourth-order valence-electron chi connectivity index (χ4n) is 9.13. The molecule has 2 aliphatic rings. The molecule has 8 aromatic carbocycles. The average Bonchev–Trinajstić information content (AvgIpc) is 3.72. The number of rotatable bonds is 2. The van der Waals surface area contributed by atoms with Crippen LogP contribution in [0.4, 0.5) is 0 Å². The van der Waals surface area contributed by atoms with E-state index in [9.17, 15) is 0 Å². The second kappa shape index (κ2) is 9.12. The van der Waals surface area contributed by atoms with Crippen molar-refractivity contribution in [3.05, 3.63) is 163 Å². The monoisotopic (exact) mass is 609 g/mol. The molecule has 0 bridgehead atoms. The van der Waals surface area contributed by atoms with Gasteiger partial charge in [-0.2, -0.15) is 0 Å². The minimum Gasteiger partial charge on any atom is -0.309 e. The fourth-order valence-corrected chi connectivity index (χ4v) is 9.13. The summed E-state index contributed by atoms with van der Waals surface area (Å²) in [6, 6.07) is 56.8. The Bertz CT molecular complexity index is 2830. The van der Waals surface area contributed by atoms with Gasteiger partial charge in [0.15, 0.2) is 0 Å². The largest absolute Gasteiger partial charge is 0.309 e. The van der Waals surface area contributed by atoms with Crippen molar-refractivity contribution in [3.63, 3.8) is 0 Å². The lowest BCUT2D eigenvalue weighted by atomic mass is 9.82. The molecule has 0 atom stereocenters. The molecule has 9 aromatic rings. The summed E-state index contributed by atoms with van der Waals surface area (Å²) < 4.78 is 2.50. The van der Waals surface area contributed by atoms with E-state index in [-0.39, 0.29) is 5.41 Å². The molecular formula is C47H31N. The van der Waals surface area contributed by atoms with E-state index in [4.69, 9.17) is 0 Å². The Labute approximate surface area is 279 Å². The first-order chi connectivity index (χ1) is 23.6. The van der Waals surface area contributed by atoms with Crippen LogP contribution in [-0.2, 0) is 5.41 Å². The van der Waals surface area contributed by atoms with E-state index in [2.05, 4.69) is 170 Å². The highest BCUT2D eigenvalue weighted by Crippen LogP contribution is 2.52. The minimum absolute atomic E-state index is 0.0610. The van der Waals surface area contributed by atoms with Gasteiger partial charge in [0.25, 0.3) is 0 Å². The van der Waals surface area contributed by atoms with E-state index in [0.717, 1.165) is 0 Å². The van der Waals surface area contributed by atoms with Crippen molar-refractivity contribution in [3.8, 4) is 50.2 Å². The molecule has 0 unspecified atom stereocenters. The van der Waals surface area contributed by atoms with Gasteiger partial charge >= 0.3 is 0 Å². The molecule has 0 saturated heterocycles. The van der Waals surface area contributed by atoms with Gasteiger partial charge in [-0.05, 0) is 108 Å². The molecule has 0 amide bonds. The smallest absolute Gasteiger partial charge is 0.0547 e. The topological polar surface area (TPSA) is 4.93 Å². The second-order valence-electron chi connectivity index (χ2n) is 14.1. The number of benzene rings is 8. The first-order valence-corrected chi connectivity index (χ1v) is 16.9. The van der Waals surface area contributed by atoms with Gasteiger partial charge in [0.2, 0.25) is 0 Å². The van der Waals surface area contributed by atoms with E-state index in [0.29, 0.717) is 0 Å². The highest BCUT2D eigenvalue weighted by Gasteiger charge is 2.36. The van der Waals surface area contributed by atoms with Gasteiger partial charge in [0.1, 0.15) is 0 Å². The summed E-state index contributed by atoms with van der Waals surface area (Å²) in [5, 5.41) is 7.89. The molecule has 1 aromatic heterocycles. The normalized spacial score (nSPS) is 13.8. The van der Waals surface area contributed by atoms with Crippen molar-refractivity contribution in [2.24, 2.45) is 0 Å². The van der Waals surface area contributed by atoms with E-state index in [1.54, 1.807) is 0 Å². The summed E-state index contributed by atoms with van der Waals surface area (Å²) in [6.07, 6.45) is 0. The van der Waals surface area contributed by atoms with Crippen LogP contribution in [0, 0.1) is 0 Å². The Morgan fingerprint density at radius 1 is 0.396 bits per heavy atom. The third-order valence-corrected chi connectivity index (χ3v) is 11.3. The van der Waals surface area contributed by atoms with Crippen molar-refractivity contribution >= 4 is 43.4 Å². The van der Waals surface area contributed by atoms with Crippen molar-refractivity contribution in [1.29, 1.82) is 0 Å². The molecule has 11 rings (SSSR count). The van der Waals surface area contributed by atoms with Crippen LogP contribution in [0.15, 0.2) is 152 Å². The van der Waals surface area contributed by atoms with Crippen molar-refractivity contribution in [1.82, 2.24) is 4.57 Å². The maximum atomic E-state index is 2.50. The van der Waals surface area contributed by atoms with Crippen LogP contribution < -0.4 is 0 Å². The van der Waals surface area contributed by atoms with Crippen LogP contribution in [0.1, 0.15) is 25.0 Å². The molecule has 0 saturated carbocycles. The van der Waals surface area contributed by atoms with E-state index in [1.807, 2.05) is 0 Å². The molecule has 224 valence electrons. The average molecular weight is 610 g/mol. The van der Waals surface area contributed by atoms with Gasteiger partial charge in [-0.1, -0.05) is 135 Å². The van der Waals surface area contributed by atoms with Crippen molar-refractivity contribution in [2.75, 3.05) is 0 Å². The minimum atomic E-state index is -0.0610. The van der Waals surface area contributed by atoms with Gasteiger partial charge in [0, 0.05) is 21.9 Å². The summed E-state index contributed by atoms with van der Waals surface area (Å²) in [7, 11) is 0. The van der Waals surface area contributed by atoms with Crippen LogP contribution >= 0.6 is 0 Å². The number of hydrogen-bond acceptors (Lipinski definition) is 0. The quantitative estimate of drug-likeness (QED) is 0.184. The zero-order chi connectivity index (χ0) is 31.7. The number of aromatic nitrogens is 1. The Balaban J connectivity index is 1.20. The Kier molecular flexibility index (Phi) is 4.97. The van der Waals surface area contributed by atoms with E-state index >= 15 is 0 Å². The Morgan fingerprint density at radius 3 is 1.96 bits per heavy atom. The molecule has 1 heteroatoms. The van der Waals surface area contributed by atoms with Gasteiger partial charge in [-0.15, -0.1) is 0 Å². The molecule has 48 heavy (non-hydrogen) atoms. The van der Waals surface area contributed by atoms with Gasteiger partial charge < -0.3 is 4.57 Å². The molecule has 0 radical (unpaired) electrons. The molecular weight excluding hydrogens is 579 g/mol. The predicted octanol–water partition coefficient (Wildman–Crippen LogP) is 12.7. The summed E-state index contributed by atoms with van der Waals surface area (Å²) >= 11 is 0. The number of fused-ring (bicyclic) bond motifs is 11. The Hall–Kier alpha value is -5.92. The van der Waals surface area contributed by atoms with E-state index in [1.165, 1.54) is 105 Å². The molecule has 1 nitrogen and oxygen atoms in total. The SMILES string of the molecule is CC1(C)c2ccccc2-c2cc3c(cc21)c1c2ccccc2ccc1n3-c1cccc(-c2ccc3c4c(cccc24)-c2ccccc2-3)c1. The van der Waals surface area contributed by atoms with Crippen LogP contribution in [0.5, 0.6) is 0 Å². The summed E-state index contributed by atoms with van der Waals surface area (Å²) in [4.78, 5) is 0. The standard InChI is InChI=1S/C47H31N/c1-47(2)41-20-8-7-17-35(41)39-27-44-40(26-42(39)47)46-32-14-4-3-11-28(32)21-24-43(46)48(44)30-13-9-12-29(25-30)31-22-23-38-34-16-6-5-15-33(34)37-19-10-18-36(31)45(37)38/h3-27H,1-2H3. The number of nitrogens with zero attached hydrogens (tertiary/aromatic N) is 1. The van der Waals surface area contributed by atoms with Gasteiger partial charge in [0.05, 0.1) is 11.0 Å². The first-order valence-electron chi connectivity index (χ1n) is 16.9. The fraction of sp³-hybridized carbons (Fsp3) is 0.0638. The summed E-state index contributed by atoms with van der Waals surface area (Å²) in [5.41, 5.74) is 17.0. The van der Waals surface area contributed by atoms with Gasteiger partial charge in [-0.25, -0.2) is 0 Å². The Morgan fingerprint density at radius 2 is 1.08 bits per heavy atom. The number of hydrogen-bond donors (Lipinski definition) is 0. The van der Waals surface area contributed by atoms with Crippen LogP contribution in [-0.4, -0.2) is 4.57 Å². The molecule has 0 N–H and O–H groups in total. The predicted molar refractivity (Wildman–Crippen MR) is 203 cm³/mol. The molecule has 2 aliphatic carbocycles. The zero-order valence-corrected chi connectivity index (χ0v) is 26.9. The van der Waals surface area contributed by atoms with Crippen molar-refractivity contribution in [2.45, 2.75) is 19.3 Å². The summed E-state index contributed by atoms with van der Waals surface area (Å²) in [5.74, 6) is 0. The lowest BCUT2D eigenvalue weighted by Crippen LogP contribution is -2.14. The lowest BCUT2D eigenvalue weighted by molar-refractivity contribution is 0.661. The van der Waals surface area contributed by atoms with Gasteiger partial charge in [-0.3, -0.25) is 0 Å². The molecule has 0 aliphatic heterocycles. The summed E-state index contributed by atoms with van der Waals surface area (Å²) in [6.45, 7) is 4.75. The molecule has 0 spiro atoms. The third kappa shape index (κ3) is 3.26. The first kappa shape index (κ1) is 26.2. The molecule has 1 heterocycles. The maximum absolute atomic E-state index is 2.50. The lowest BCUT2D eigenvalue weighted by Gasteiger charge is -2.21. The molecule has 0 fully saturated rings. The van der Waals surface area contributed by atoms with E-state index < -0.39 is 0 Å². The zero-order valence-electron chi connectivity index (χ0n) is 26.9.